The van der Waals surface area contributed by atoms with Gasteiger partial charge in [0, 0.05) is 35.3 Å². The van der Waals surface area contributed by atoms with Crippen molar-refractivity contribution in [1.29, 1.82) is 0 Å². The molecule has 0 radical (unpaired) electrons. The van der Waals surface area contributed by atoms with E-state index in [-0.39, 0.29) is 23.6 Å². The number of fused-ring (bicyclic) bond motifs is 2. The number of nitrogens with zero attached hydrogens (tertiary/aromatic N) is 1. The fourth-order valence-electron chi connectivity index (χ4n) is 3.65. The second-order valence-corrected chi connectivity index (χ2v) is 7.01. The lowest BCUT2D eigenvalue weighted by atomic mass is 9.89. The van der Waals surface area contributed by atoms with Gasteiger partial charge in [-0.1, -0.05) is 18.2 Å². The lowest BCUT2D eigenvalue weighted by molar-refractivity contribution is -0.399. The summed E-state index contributed by atoms with van der Waals surface area (Å²) in [4.78, 5) is 13.5. The molecule has 31 heavy (non-hydrogen) atoms. The van der Waals surface area contributed by atoms with Gasteiger partial charge in [0.25, 0.3) is 0 Å². The fourth-order valence-corrected chi connectivity index (χ4v) is 3.65. The van der Waals surface area contributed by atoms with Gasteiger partial charge in [-0.2, -0.15) is 39.5 Å². The van der Waals surface area contributed by atoms with Crippen molar-refractivity contribution < 1.29 is 43.9 Å². The van der Waals surface area contributed by atoms with Gasteiger partial charge >= 0.3 is 29.6 Å². The van der Waals surface area contributed by atoms with Crippen molar-refractivity contribution in [3.63, 3.8) is 0 Å². The second kappa shape index (κ2) is 6.30. The van der Waals surface area contributed by atoms with Crippen LogP contribution in [0.1, 0.15) is 16.7 Å². The maximum Gasteiger partial charge on any atom is 0.460 e. The molecule has 0 atom stereocenters. The molecular formula is C19H10F9NO2. The standard InChI is InChI=1S/C19H10F9NO2/c20-16(21,17(22,23)18(24,25)19(26,27)28)12-8-13(30)31-15-10-4-2-6-29-5-1-3-9(14(10)29)7-11(12)15/h1-3,6-8H,4-5H2. The molecule has 1 aromatic carbocycles. The average Bonchev–Trinajstić information content (AvgIpc) is 2.67. The van der Waals surface area contributed by atoms with Crippen LogP contribution in [0.25, 0.3) is 17.0 Å². The Morgan fingerprint density at radius 3 is 2.23 bits per heavy atom. The average molecular weight is 455 g/mol. The SMILES string of the molecule is O=c1cc(C(F)(F)C(F)(F)C(F)(F)C(F)(F)F)c2cc3c4c(c2o1)CC=CN4CC=C3. The third-order valence-electron chi connectivity index (χ3n) is 5.11. The molecule has 166 valence electrons. The van der Waals surface area contributed by atoms with E-state index in [1.165, 1.54) is 6.08 Å². The summed E-state index contributed by atoms with van der Waals surface area (Å²) < 4.78 is 127. The molecule has 3 nitrogen and oxygen atoms in total. The summed E-state index contributed by atoms with van der Waals surface area (Å²) in [5, 5.41) is -0.863. The van der Waals surface area contributed by atoms with E-state index in [0.717, 1.165) is 6.07 Å². The molecule has 0 spiro atoms. The van der Waals surface area contributed by atoms with Crippen molar-refractivity contribution in [2.45, 2.75) is 30.4 Å². The number of alkyl halides is 9. The monoisotopic (exact) mass is 455 g/mol. The smallest absolute Gasteiger partial charge is 0.422 e. The topological polar surface area (TPSA) is 33.5 Å². The van der Waals surface area contributed by atoms with Gasteiger partial charge in [0.15, 0.2) is 0 Å². The molecule has 0 amide bonds. The van der Waals surface area contributed by atoms with Gasteiger partial charge in [0.2, 0.25) is 0 Å². The molecule has 0 bridgehead atoms. The third-order valence-corrected chi connectivity index (χ3v) is 5.11. The molecule has 2 aromatic rings. The van der Waals surface area contributed by atoms with Gasteiger partial charge in [0.05, 0.1) is 5.69 Å². The Bertz CT molecular complexity index is 1190. The van der Waals surface area contributed by atoms with E-state index in [9.17, 15) is 44.3 Å². The van der Waals surface area contributed by atoms with Crippen LogP contribution in [0.2, 0.25) is 0 Å². The number of benzene rings is 1. The van der Waals surface area contributed by atoms with E-state index >= 15 is 0 Å². The number of hydrogen-bond acceptors (Lipinski definition) is 3. The Balaban J connectivity index is 2.04. The molecule has 2 aliphatic rings. The van der Waals surface area contributed by atoms with Gasteiger partial charge in [0.1, 0.15) is 5.58 Å². The molecule has 1 aromatic heterocycles. The summed E-state index contributed by atoms with van der Waals surface area (Å²) in [5.74, 6) is -20.0. The first-order valence-corrected chi connectivity index (χ1v) is 8.64. The largest absolute Gasteiger partial charge is 0.460 e. The Morgan fingerprint density at radius 1 is 0.903 bits per heavy atom. The molecule has 2 aliphatic heterocycles. The molecule has 0 saturated heterocycles. The van der Waals surface area contributed by atoms with Crippen LogP contribution >= 0.6 is 0 Å². The van der Waals surface area contributed by atoms with Crippen molar-refractivity contribution in [2.75, 3.05) is 11.4 Å². The highest BCUT2D eigenvalue weighted by molar-refractivity contribution is 5.95. The van der Waals surface area contributed by atoms with Crippen LogP contribution in [0.3, 0.4) is 0 Å². The normalized spacial score (nSPS) is 16.7. The van der Waals surface area contributed by atoms with Crippen LogP contribution in [0.4, 0.5) is 45.2 Å². The molecule has 0 unspecified atom stereocenters. The predicted octanol–water partition coefficient (Wildman–Crippen LogP) is 5.62. The summed E-state index contributed by atoms with van der Waals surface area (Å²) in [7, 11) is 0. The lowest BCUT2D eigenvalue weighted by Gasteiger charge is -2.34. The van der Waals surface area contributed by atoms with Gasteiger partial charge in [-0.15, -0.1) is 0 Å². The summed E-state index contributed by atoms with van der Waals surface area (Å²) >= 11 is 0. The zero-order valence-corrected chi connectivity index (χ0v) is 15.0. The number of halogens is 9. The highest BCUT2D eigenvalue weighted by Gasteiger charge is 2.82. The molecule has 0 fully saturated rings. The summed E-state index contributed by atoms with van der Waals surface area (Å²) in [6.07, 6.45) is -0.691. The van der Waals surface area contributed by atoms with Gasteiger partial charge in [-0.3, -0.25) is 0 Å². The molecule has 0 N–H and O–H groups in total. The Hall–Kier alpha value is -2.92. The number of rotatable bonds is 3. The fraction of sp³-hybridized carbons (Fsp3) is 0.316. The first-order valence-electron chi connectivity index (χ1n) is 8.64. The van der Waals surface area contributed by atoms with E-state index in [1.54, 1.807) is 23.3 Å². The van der Waals surface area contributed by atoms with E-state index < -0.39 is 46.1 Å². The number of hydrogen-bond donors (Lipinski definition) is 0. The zero-order valence-electron chi connectivity index (χ0n) is 15.0. The second-order valence-electron chi connectivity index (χ2n) is 7.01. The Labute approximate surface area is 167 Å². The van der Waals surface area contributed by atoms with Gasteiger partial charge in [-0.05, 0) is 18.1 Å². The van der Waals surface area contributed by atoms with Crippen molar-refractivity contribution >= 4 is 22.7 Å². The van der Waals surface area contributed by atoms with Crippen LogP contribution in [-0.4, -0.2) is 24.6 Å². The van der Waals surface area contributed by atoms with Crippen LogP contribution in [0.5, 0.6) is 0 Å². The quantitative estimate of drug-likeness (QED) is 0.445. The molecule has 4 rings (SSSR count). The molecule has 0 saturated carbocycles. The van der Waals surface area contributed by atoms with E-state index in [4.69, 9.17) is 4.42 Å². The van der Waals surface area contributed by atoms with E-state index in [1.807, 2.05) is 0 Å². The number of allylic oxidation sites excluding steroid dienone is 1. The van der Waals surface area contributed by atoms with Crippen LogP contribution < -0.4 is 10.5 Å². The van der Waals surface area contributed by atoms with Crippen molar-refractivity contribution in [2.24, 2.45) is 0 Å². The Kier molecular flexibility index (Phi) is 4.33. The first-order chi connectivity index (χ1) is 14.2. The summed E-state index contributed by atoms with van der Waals surface area (Å²) in [6, 6.07) is 0.703. The highest BCUT2D eigenvalue weighted by Crippen LogP contribution is 2.57. The molecule has 0 aliphatic carbocycles. The number of anilines is 1. The maximum absolute atomic E-state index is 14.7. The summed E-state index contributed by atoms with van der Waals surface area (Å²) in [5.41, 5.74) is -3.39. The Morgan fingerprint density at radius 2 is 1.58 bits per heavy atom. The van der Waals surface area contributed by atoms with Crippen molar-refractivity contribution in [3.05, 3.63) is 57.6 Å². The molecule has 12 heteroatoms. The van der Waals surface area contributed by atoms with Crippen LogP contribution in [0.15, 0.2) is 39.7 Å². The van der Waals surface area contributed by atoms with Crippen LogP contribution in [0, 0.1) is 0 Å². The van der Waals surface area contributed by atoms with Gasteiger partial charge in [-0.25, -0.2) is 4.79 Å². The van der Waals surface area contributed by atoms with Gasteiger partial charge < -0.3 is 9.32 Å². The van der Waals surface area contributed by atoms with E-state index in [2.05, 4.69) is 0 Å². The minimum atomic E-state index is -7.08. The minimum Gasteiger partial charge on any atom is -0.422 e. The maximum atomic E-state index is 14.7. The minimum absolute atomic E-state index is 0.0249. The van der Waals surface area contributed by atoms with Crippen molar-refractivity contribution in [3.8, 4) is 0 Å². The lowest BCUT2D eigenvalue weighted by Crippen LogP contribution is -2.59. The predicted molar refractivity (Wildman–Crippen MR) is 91.6 cm³/mol. The third kappa shape index (κ3) is 2.79. The summed E-state index contributed by atoms with van der Waals surface area (Å²) in [6.45, 7) is 0.359. The highest BCUT2D eigenvalue weighted by atomic mass is 19.4. The van der Waals surface area contributed by atoms with E-state index in [0.29, 0.717) is 12.2 Å². The first kappa shape index (κ1) is 21.3. The zero-order chi connectivity index (χ0) is 23.0. The molecule has 3 heterocycles. The van der Waals surface area contributed by atoms with Crippen molar-refractivity contribution in [1.82, 2.24) is 0 Å². The molecular weight excluding hydrogens is 445 g/mol. The van der Waals surface area contributed by atoms with Crippen LogP contribution in [-0.2, 0) is 12.3 Å².